The highest BCUT2D eigenvalue weighted by atomic mass is 16.5. The minimum absolute atomic E-state index is 0.0693. The number of nitrogens with one attached hydrogen (secondary N) is 1. The Balaban J connectivity index is 1.86. The van der Waals surface area contributed by atoms with Crippen molar-refractivity contribution in [1.29, 1.82) is 0 Å². The smallest absolute Gasteiger partial charge is 0.338 e. The second-order valence-electron chi connectivity index (χ2n) is 5.10. The number of morpholine rings is 1. The van der Waals surface area contributed by atoms with Crippen molar-refractivity contribution in [3.8, 4) is 0 Å². The molecule has 0 amide bonds. The molecule has 0 aromatic heterocycles. The molecule has 1 aromatic rings. The van der Waals surface area contributed by atoms with Gasteiger partial charge in [-0.2, -0.15) is 0 Å². The van der Waals surface area contributed by atoms with Gasteiger partial charge in [-0.3, -0.25) is 0 Å². The van der Waals surface area contributed by atoms with E-state index < -0.39 is 0 Å². The lowest BCUT2D eigenvalue weighted by atomic mass is 10.1. The number of ether oxygens (including phenoxy) is 2. The molecule has 1 aliphatic heterocycles. The maximum Gasteiger partial charge on any atom is 0.338 e. The van der Waals surface area contributed by atoms with Crippen LogP contribution in [0, 0.1) is 6.92 Å². The van der Waals surface area contributed by atoms with Crippen LogP contribution in [-0.2, 0) is 9.47 Å². The summed E-state index contributed by atoms with van der Waals surface area (Å²) in [5, 5.41) is 0. The fourth-order valence-corrected chi connectivity index (χ4v) is 2.36. The van der Waals surface area contributed by atoms with E-state index in [1.54, 1.807) is 0 Å². The lowest BCUT2D eigenvalue weighted by Crippen LogP contribution is -3.15. The molecule has 1 N–H and O–H groups in total. The predicted octanol–water partition coefficient (Wildman–Crippen LogP) is 0.455. The zero-order valence-corrected chi connectivity index (χ0v) is 11.6. The summed E-state index contributed by atoms with van der Waals surface area (Å²) >= 11 is 0. The third kappa shape index (κ3) is 4.04. The summed E-state index contributed by atoms with van der Waals surface area (Å²) in [6.07, 6.45) is -0.0693. The van der Waals surface area contributed by atoms with Crippen LogP contribution >= 0.6 is 0 Å². The highest BCUT2D eigenvalue weighted by molar-refractivity contribution is 5.91. The van der Waals surface area contributed by atoms with Crippen LogP contribution in [0.4, 0.5) is 0 Å². The average Bonchev–Trinajstić information content (AvgIpc) is 2.40. The number of hydrogen-bond donors (Lipinski definition) is 1. The van der Waals surface area contributed by atoms with Crippen molar-refractivity contribution in [3.63, 3.8) is 0 Å². The van der Waals surface area contributed by atoms with Gasteiger partial charge in [0.1, 0.15) is 25.7 Å². The summed E-state index contributed by atoms with van der Waals surface area (Å²) in [4.78, 5) is 13.5. The van der Waals surface area contributed by atoms with Crippen molar-refractivity contribution in [2.45, 2.75) is 20.0 Å². The standard InChI is InChI=1S/C15H21NO3/c1-12-5-3-4-6-14(12)15(17)19-13(2)11-16-7-9-18-10-8-16/h3-6,13H,7-11H2,1-2H3/p+1/t13-/m1/s1. The number of hydrogen-bond acceptors (Lipinski definition) is 3. The lowest BCUT2D eigenvalue weighted by molar-refractivity contribution is -0.910. The number of carbonyl (C=O) groups is 1. The molecule has 2 rings (SSSR count). The Bertz CT molecular complexity index is 427. The summed E-state index contributed by atoms with van der Waals surface area (Å²) in [6, 6.07) is 7.52. The normalized spacial score (nSPS) is 18.0. The molecule has 0 spiro atoms. The predicted molar refractivity (Wildman–Crippen MR) is 72.4 cm³/mol. The van der Waals surface area contributed by atoms with Crippen LogP contribution in [0.15, 0.2) is 24.3 Å². The topological polar surface area (TPSA) is 40.0 Å². The van der Waals surface area contributed by atoms with Gasteiger partial charge in [0.2, 0.25) is 0 Å². The Morgan fingerprint density at radius 1 is 1.37 bits per heavy atom. The van der Waals surface area contributed by atoms with Crippen LogP contribution in [0.3, 0.4) is 0 Å². The van der Waals surface area contributed by atoms with E-state index in [4.69, 9.17) is 9.47 Å². The largest absolute Gasteiger partial charge is 0.453 e. The van der Waals surface area contributed by atoms with Gasteiger partial charge in [0.25, 0.3) is 0 Å². The van der Waals surface area contributed by atoms with Gasteiger partial charge in [0.05, 0.1) is 18.8 Å². The zero-order valence-electron chi connectivity index (χ0n) is 11.6. The van der Waals surface area contributed by atoms with E-state index in [2.05, 4.69) is 0 Å². The third-order valence-electron chi connectivity index (χ3n) is 3.45. The molecular formula is C15H22NO3+. The molecule has 4 heteroatoms. The van der Waals surface area contributed by atoms with Crippen LogP contribution in [0.25, 0.3) is 0 Å². The molecule has 4 nitrogen and oxygen atoms in total. The van der Waals surface area contributed by atoms with E-state index in [1.807, 2.05) is 38.1 Å². The molecule has 0 aliphatic carbocycles. The Hall–Kier alpha value is -1.39. The van der Waals surface area contributed by atoms with Crippen molar-refractivity contribution in [2.24, 2.45) is 0 Å². The van der Waals surface area contributed by atoms with E-state index in [-0.39, 0.29) is 12.1 Å². The van der Waals surface area contributed by atoms with E-state index in [1.165, 1.54) is 4.90 Å². The number of benzene rings is 1. The zero-order chi connectivity index (χ0) is 13.7. The molecule has 0 radical (unpaired) electrons. The molecule has 1 aliphatic rings. The number of aryl methyl sites for hydroxylation is 1. The quantitative estimate of drug-likeness (QED) is 0.803. The fourth-order valence-electron chi connectivity index (χ4n) is 2.36. The molecule has 1 atom stereocenters. The second kappa shape index (κ2) is 6.68. The van der Waals surface area contributed by atoms with Gasteiger partial charge in [-0.05, 0) is 25.5 Å². The Morgan fingerprint density at radius 3 is 2.74 bits per heavy atom. The summed E-state index contributed by atoms with van der Waals surface area (Å²) < 4.78 is 10.8. The maximum absolute atomic E-state index is 12.1. The molecule has 104 valence electrons. The summed E-state index contributed by atoms with van der Waals surface area (Å²) in [5.41, 5.74) is 1.62. The van der Waals surface area contributed by atoms with Gasteiger partial charge in [-0.1, -0.05) is 18.2 Å². The highest BCUT2D eigenvalue weighted by Gasteiger charge is 2.20. The molecule has 1 aromatic carbocycles. The summed E-state index contributed by atoms with van der Waals surface area (Å²) in [7, 11) is 0. The monoisotopic (exact) mass is 264 g/mol. The molecule has 1 fully saturated rings. The minimum Gasteiger partial charge on any atom is -0.453 e. The van der Waals surface area contributed by atoms with Crippen molar-refractivity contribution < 1.29 is 19.2 Å². The molecule has 0 unspecified atom stereocenters. The maximum atomic E-state index is 12.1. The molecule has 1 saturated heterocycles. The van der Waals surface area contributed by atoms with Crippen molar-refractivity contribution in [1.82, 2.24) is 0 Å². The first-order chi connectivity index (χ1) is 9.16. The average molecular weight is 264 g/mol. The van der Waals surface area contributed by atoms with Crippen LogP contribution in [0.2, 0.25) is 0 Å². The number of carbonyl (C=O) groups excluding carboxylic acids is 1. The Morgan fingerprint density at radius 2 is 2.05 bits per heavy atom. The number of rotatable bonds is 4. The molecule has 0 saturated carbocycles. The highest BCUT2D eigenvalue weighted by Crippen LogP contribution is 2.09. The first kappa shape index (κ1) is 14.0. The van der Waals surface area contributed by atoms with Gasteiger partial charge in [0.15, 0.2) is 0 Å². The molecule has 0 bridgehead atoms. The van der Waals surface area contributed by atoms with Crippen LogP contribution in [-0.4, -0.2) is 44.9 Å². The van der Waals surface area contributed by atoms with E-state index in [0.29, 0.717) is 5.56 Å². The van der Waals surface area contributed by atoms with E-state index in [9.17, 15) is 4.79 Å². The van der Waals surface area contributed by atoms with Gasteiger partial charge < -0.3 is 14.4 Å². The lowest BCUT2D eigenvalue weighted by Gasteiger charge is -2.26. The van der Waals surface area contributed by atoms with E-state index >= 15 is 0 Å². The molecule has 1 heterocycles. The minimum atomic E-state index is -0.224. The van der Waals surface area contributed by atoms with Crippen LogP contribution in [0.1, 0.15) is 22.8 Å². The fraction of sp³-hybridized carbons (Fsp3) is 0.533. The van der Waals surface area contributed by atoms with Gasteiger partial charge >= 0.3 is 5.97 Å². The van der Waals surface area contributed by atoms with Crippen molar-refractivity contribution in [3.05, 3.63) is 35.4 Å². The Labute approximate surface area is 114 Å². The summed E-state index contributed by atoms with van der Waals surface area (Å²) in [6.45, 7) is 8.31. The Kier molecular flexibility index (Phi) is 4.93. The second-order valence-corrected chi connectivity index (χ2v) is 5.10. The molecular weight excluding hydrogens is 242 g/mol. The van der Waals surface area contributed by atoms with Crippen molar-refractivity contribution >= 4 is 5.97 Å². The first-order valence-electron chi connectivity index (χ1n) is 6.84. The molecule has 19 heavy (non-hydrogen) atoms. The van der Waals surface area contributed by atoms with Gasteiger partial charge in [0, 0.05) is 0 Å². The van der Waals surface area contributed by atoms with E-state index in [0.717, 1.165) is 38.4 Å². The third-order valence-corrected chi connectivity index (χ3v) is 3.45. The first-order valence-corrected chi connectivity index (χ1v) is 6.84. The van der Waals surface area contributed by atoms with Gasteiger partial charge in [-0.15, -0.1) is 0 Å². The van der Waals surface area contributed by atoms with Crippen molar-refractivity contribution in [2.75, 3.05) is 32.8 Å². The number of esters is 1. The summed E-state index contributed by atoms with van der Waals surface area (Å²) in [5.74, 6) is -0.224. The SMILES string of the molecule is Cc1ccccc1C(=O)O[C@H](C)C[NH+]1CCOCC1. The van der Waals surface area contributed by atoms with Crippen LogP contribution < -0.4 is 4.90 Å². The number of quaternary nitrogens is 1. The van der Waals surface area contributed by atoms with Gasteiger partial charge in [-0.25, -0.2) is 4.79 Å². The van der Waals surface area contributed by atoms with Crippen LogP contribution in [0.5, 0.6) is 0 Å².